The van der Waals surface area contributed by atoms with E-state index in [0.29, 0.717) is 11.7 Å². The van der Waals surface area contributed by atoms with Gasteiger partial charge in [0.15, 0.2) is 0 Å². The molecule has 14 heavy (non-hydrogen) atoms. The first-order valence-electron chi connectivity index (χ1n) is 5.96. The Labute approximate surface area is 87.3 Å². The van der Waals surface area contributed by atoms with Crippen LogP contribution in [0.4, 0.5) is 0 Å². The number of hydrogen-bond acceptors (Lipinski definition) is 1. The highest BCUT2D eigenvalue weighted by Gasteiger charge is 2.60. The number of Topliss-reactive ketones (excluding diaryl/α,β-unsaturated/α-hetero) is 1. The molecule has 0 aromatic rings. The van der Waals surface area contributed by atoms with Crippen molar-refractivity contribution in [3.05, 3.63) is 0 Å². The number of carbonyl (C=O) groups excluding carboxylic acids is 1. The second-order valence-corrected chi connectivity index (χ2v) is 5.92. The molecule has 0 bridgehead atoms. The van der Waals surface area contributed by atoms with Gasteiger partial charge in [-0.1, -0.05) is 27.7 Å². The lowest BCUT2D eigenvalue weighted by Gasteiger charge is -2.50. The first kappa shape index (κ1) is 10.2. The Morgan fingerprint density at radius 1 is 1.14 bits per heavy atom. The van der Waals surface area contributed by atoms with Crippen molar-refractivity contribution in [2.24, 2.45) is 22.7 Å². The van der Waals surface area contributed by atoms with Gasteiger partial charge in [-0.3, -0.25) is 4.79 Å². The molecular weight excluding hydrogens is 172 g/mol. The molecule has 2 rings (SSSR count). The van der Waals surface area contributed by atoms with Crippen LogP contribution in [0, 0.1) is 22.7 Å². The fourth-order valence-electron chi connectivity index (χ4n) is 3.90. The summed E-state index contributed by atoms with van der Waals surface area (Å²) in [5.41, 5.74) is 0.256. The Kier molecular flexibility index (Phi) is 2.06. The van der Waals surface area contributed by atoms with Crippen LogP contribution in [0.2, 0.25) is 0 Å². The molecule has 2 aliphatic carbocycles. The molecular formula is C13H22O. The van der Waals surface area contributed by atoms with Crippen molar-refractivity contribution >= 4 is 5.78 Å². The number of carbonyl (C=O) groups is 1. The van der Waals surface area contributed by atoms with E-state index in [2.05, 4.69) is 27.7 Å². The molecule has 0 radical (unpaired) electrons. The van der Waals surface area contributed by atoms with Crippen LogP contribution in [0.5, 0.6) is 0 Å². The third-order valence-corrected chi connectivity index (χ3v) is 5.74. The van der Waals surface area contributed by atoms with Crippen LogP contribution < -0.4 is 0 Å². The van der Waals surface area contributed by atoms with Crippen LogP contribution in [0.1, 0.15) is 53.4 Å². The minimum absolute atomic E-state index is 0.0231. The Morgan fingerprint density at radius 2 is 1.79 bits per heavy atom. The summed E-state index contributed by atoms with van der Waals surface area (Å²) in [5.74, 6) is 1.83. The van der Waals surface area contributed by atoms with Crippen LogP contribution >= 0.6 is 0 Å². The molecule has 0 aliphatic heterocycles. The summed E-state index contributed by atoms with van der Waals surface area (Å²) in [7, 11) is 0. The molecule has 0 heterocycles. The second-order valence-electron chi connectivity index (χ2n) is 5.92. The molecule has 0 aromatic heterocycles. The van der Waals surface area contributed by atoms with E-state index in [1.165, 1.54) is 12.8 Å². The van der Waals surface area contributed by atoms with Gasteiger partial charge in [-0.25, -0.2) is 0 Å². The smallest absolute Gasteiger partial charge is 0.139 e. The van der Waals surface area contributed by atoms with E-state index in [1.807, 2.05) is 0 Å². The summed E-state index contributed by atoms with van der Waals surface area (Å²) in [6.07, 6.45) is 4.41. The maximum absolute atomic E-state index is 12.2. The summed E-state index contributed by atoms with van der Waals surface area (Å²) < 4.78 is 0. The highest BCUT2D eigenvalue weighted by atomic mass is 16.1. The van der Waals surface area contributed by atoms with Gasteiger partial charge < -0.3 is 0 Å². The van der Waals surface area contributed by atoms with Gasteiger partial charge in [0, 0.05) is 11.8 Å². The SMILES string of the molecule is C[C@H]1CCC(=O)[C@]2(C)[C@@H](C)CC[C@]12C. The van der Waals surface area contributed by atoms with Crippen molar-refractivity contribution in [3.63, 3.8) is 0 Å². The zero-order chi connectivity index (χ0) is 10.6. The van der Waals surface area contributed by atoms with Crippen LogP contribution in [0.3, 0.4) is 0 Å². The predicted molar refractivity (Wildman–Crippen MR) is 58.0 cm³/mol. The lowest BCUT2D eigenvalue weighted by atomic mass is 9.53. The zero-order valence-corrected chi connectivity index (χ0v) is 9.89. The quantitative estimate of drug-likeness (QED) is 0.577. The Balaban J connectivity index is 2.46. The molecule has 80 valence electrons. The van der Waals surface area contributed by atoms with E-state index in [1.54, 1.807) is 0 Å². The molecule has 2 aliphatic rings. The van der Waals surface area contributed by atoms with Crippen molar-refractivity contribution in [2.45, 2.75) is 53.4 Å². The zero-order valence-electron chi connectivity index (χ0n) is 9.89. The fraction of sp³-hybridized carbons (Fsp3) is 0.923. The monoisotopic (exact) mass is 194 g/mol. The summed E-state index contributed by atoms with van der Waals surface area (Å²) in [6.45, 7) is 9.17. The van der Waals surface area contributed by atoms with Crippen LogP contribution in [-0.4, -0.2) is 5.78 Å². The minimum Gasteiger partial charge on any atom is -0.299 e. The second kappa shape index (κ2) is 2.84. The summed E-state index contributed by atoms with van der Waals surface area (Å²) in [5, 5.41) is 0. The van der Waals surface area contributed by atoms with E-state index in [0.717, 1.165) is 18.8 Å². The first-order valence-corrected chi connectivity index (χ1v) is 5.96. The number of fused-ring (bicyclic) bond motifs is 1. The van der Waals surface area contributed by atoms with Crippen LogP contribution in [-0.2, 0) is 4.79 Å². The number of ketones is 1. The van der Waals surface area contributed by atoms with Crippen LogP contribution in [0.25, 0.3) is 0 Å². The molecule has 0 spiro atoms. The predicted octanol–water partition coefficient (Wildman–Crippen LogP) is 3.43. The molecule has 0 saturated heterocycles. The third-order valence-electron chi connectivity index (χ3n) is 5.74. The fourth-order valence-corrected chi connectivity index (χ4v) is 3.90. The first-order chi connectivity index (χ1) is 6.43. The standard InChI is InChI=1S/C13H22O/c1-9-5-6-11(14)13(4)10(2)7-8-12(9,13)3/h9-10H,5-8H2,1-4H3/t9-,10-,12+,13-/m0/s1. The van der Waals surface area contributed by atoms with Gasteiger partial charge >= 0.3 is 0 Å². The van der Waals surface area contributed by atoms with Gasteiger partial charge in [-0.05, 0) is 36.5 Å². The van der Waals surface area contributed by atoms with E-state index in [4.69, 9.17) is 0 Å². The average molecular weight is 194 g/mol. The summed E-state index contributed by atoms with van der Waals surface area (Å²) in [4.78, 5) is 12.2. The largest absolute Gasteiger partial charge is 0.299 e. The Hall–Kier alpha value is -0.330. The summed E-state index contributed by atoms with van der Waals surface area (Å²) in [6, 6.07) is 0. The van der Waals surface area contributed by atoms with Crippen molar-refractivity contribution in [1.82, 2.24) is 0 Å². The van der Waals surface area contributed by atoms with Crippen molar-refractivity contribution in [3.8, 4) is 0 Å². The molecule has 1 heteroatoms. The lowest BCUT2D eigenvalue weighted by molar-refractivity contribution is -0.144. The molecule has 2 saturated carbocycles. The normalized spacial score (nSPS) is 53.3. The number of rotatable bonds is 0. The van der Waals surface area contributed by atoms with E-state index >= 15 is 0 Å². The van der Waals surface area contributed by atoms with Gasteiger partial charge in [0.25, 0.3) is 0 Å². The summed E-state index contributed by atoms with van der Waals surface area (Å²) >= 11 is 0. The molecule has 4 atom stereocenters. The van der Waals surface area contributed by atoms with E-state index < -0.39 is 0 Å². The molecule has 1 nitrogen and oxygen atoms in total. The topological polar surface area (TPSA) is 17.1 Å². The molecule has 0 aromatic carbocycles. The molecule has 2 fully saturated rings. The average Bonchev–Trinajstić information content (AvgIpc) is 2.39. The number of hydrogen-bond donors (Lipinski definition) is 0. The highest BCUT2D eigenvalue weighted by Crippen LogP contribution is 2.63. The molecule has 0 amide bonds. The van der Waals surface area contributed by atoms with Gasteiger partial charge in [0.2, 0.25) is 0 Å². The van der Waals surface area contributed by atoms with Gasteiger partial charge in [-0.15, -0.1) is 0 Å². The Morgan fingerprint density at radius 3 is 2.36 bits per heavy atom. The van der Waals surface area contributed by atoms with Crippen LogP contribution in [0.15, 0.2) is 0 Å². The van der Waals surface area contributed by atoms with E-state index in [9.17, 15) is 4.79 Å². The molecule has 0 unspecified atom stereocenters. The van der Waals surface area contributed by atoms with Crippen molar-refractivity contribution in [2.75, 3.05) is 0 Å². The van der Waals surface area contributed by atoms with Gasteiger partial charge in [0.05, 0.1) is 0 Å². The minimum atomic E-state index is -0.0231. The van der Waals surface area contributed by atoms with Gasteiger partial charge in [0.1, 0.15) is 5.78 Å². The Bertz CT molecular complexity index is 270. The maximum atomic E-state index is 12.2. The van der Waals surface area contributed by atoms with E-state index in [-0.39, 0.29) is 10.8 Å². The molecule has 0 N–H and O–H groups in total. The third kappa shape index (κ3) is 0.936. The van der Waals surface area contributed by atoms with Crippen molar-refractivity contribution < 1.29 is 4.79 Å². The highest BCUT2D eigenvalue weighted by molar-refractivity contribution is 5.87. The maximum Gasteiger partial charge on any atom is 0.139 e. The van der Waals surface area contributed by atoms with Crippen molar-refractivity contribution in [1.29, 1.82) is 0 Å². The van der Waals surface area contributed by atoms with Gasteiger partial charge in [-0.2, -0.15) is 0 Å². The lowest BCUT2D eigenvalue weighted by Crippen LogP contribution is -2.50.